The van der Waals surface area contributed by atoms with E-state index in [0.29, 0.717) is 5.69 Å². The minimum atomic E-state index is -1.31. The molecule has 0 aliphatic carbocycles. The molecular formula is C16H16N3O3S-. The Morgan fingerprint density at radius 1 is 1.22 bits per heavy atom. The molecule has 0 radical (unpaired) electrons. The van der Waals surface area contributed by atoms with Gasteiger partial charge in [0.2, 0.25) is 5.91 Å². The highest BCUT2D eigenvalue weighted by molar-refractivity contribution is 8.00. The molecule has 7 heteroatoms. The zero-order chi connectivity index (χ0) is 16.8. The van der Waals surface area contributed by atoms with E-state index in [1.165, 1.54) is 18.3 Å². The average molecular weight is 330 g/mol. The van der Waals surface area contributed by atoms with E-state index in [4.69, 9.17) is 0 Å². The van der Waals surface area contributed by atoms with Gasteiger partial charge in [-0.3, -0.25) is 4.79 Å². The third-order valence-electron chi connectivity index (χ3n) is 3.00. The van der Waals surface area contributed by atoms with Crippen molar-refractivity contribution < 1.29 is 14.7 Å². The zero-order valence-corrected chi connectivity index (χ0v) is 13.6. The Bertz CT molecular complexity index is 702. The summed E-state index contributed by atoms with van der Waals surface area (Å²) in [5.74, 6) is -1.48. The van der Waals surface area contributed by atoms with Crippen LogP contribution in [-0.2, 0) is 4.79 Å². The van der Waals surface area contributed by atoms with Crippen LogP contribution in [0.2, 0.25) is 0 Å². The topological polar surface area (TPSA) is 85.4 Å². The molecule has 1 heterocycles. The summed E-state index contributed by atoms with van der Waals surface area (Å²) in [6.45, 7) is 0. The molecule has 1 aromatic heterocycles. The lowest BCUT2D eigenvalue weighted by Crippen LogP contribution is -2.23. The maximum Gasteiger partial charge on any atom is 0.234 e. The molecule has 0 aliphatic heterocycles. The normalized spacial score (nSPS) is 10.2. The number of nitrogens with one attached hydrogen (secondary N) is 1. The maximum atomic E-state index is 12.0. The lowest BCUT2D eigenvalue weighted by atomic mass is 10.2. The van der Waals surface area contributed by atoms with Crippen LogP contribution in [0.3, 0.4) is 0 Å². The van der Waals surface area contributed by atoms with Crippen molar-refractivity contribution in [1.29, 1.82) is 0 Å². The molecule has 0 unspecified atom stereocenters. The van der Waals surface area contributed by atoms with Crippen LogP contribution in [0.5, 0.6) is 0 Å². The quantitative estimate of drug-likeness (QED) is 0.802. The summed E-state index contributed by atoms with van der Waals surface area (Å²) < 4.78 is 0. The number of amides is 1. The number of carbonyl (C=O) groups is 2. The number of aromatic carboxylic acids is 1. The third kappa shape index (κ3) is 4.72. The first-order chi connectivity index (χ1) is 11.0. The number of pyridine rings is 1. The lowest BCUT2D eigenvalue weighted by molar-refractivity contribution is -0.255. The number of carboxylic acids is 1. The molecule has 2 rings (SSSR count). The van der Waals surface area contributed by atoms with Crippen LogP contribution >= 0.6 is 11.8 Å². The Kier molecular flexibility index (Phi) is 5.59. The van der Waals surface area contributed by atoms with Crippen molar-refractivity contribution >= 4 is 35.0 Å². The average Bonchev–Trinajstić information content (AvgIpc) is 2.53. The van der Waals surface area contributed by atoms with Crippen LogP contribution in [0.1, 0.15) is 10.4 Å². The SMILES string of the molecule is CN(C)c1ccc(NC(=O)CSc2ncccc2C(=O)[O-])cc1. The molecule has 0 fully saturated rings. The van der Waals surface area contributed by atoms with E-state index in [0.717, 1.165) is 17.4 Å². The summed E-state index contributed by atoms with van der Waals surface area (Å²) in [6.07, 6.45) is 1.48. The Balaban J connectivity index is 1.94. The summed E-state index contributed by atoms with van der Waals surface area (Å²) in [6, 6.07) is 10.3. The number of thioether (sulfide) groups is 1. The van der Waals surface area contributed by atoms with Gasteiger partial charge < -0.3 is 20.1 Å². The summed E-state index contributed by atoms with van der Waals surface area (Å²) in [7, 11) is 3.87. The van der Waals surface area contributed by atoms with Gasteiger partial charge in [0.05, 0.1) is 11.7 Å². The van der Waals surface area contributed by atoms with E-state index >= 15 is 0 Å². The molecule has 0 bridgehead atoms. The van der Waals surface area contributed by atoms with Crippen molar-refractivity contribution in [3.05, 3.63) is 48.2 Å². The summed E-state index contributed by atoms with van der Waals surface area (Å²) >= 11 is 1.06. The Morgan fingerprint density at radius 3 is 2.52 bits per heavy atom. The van der Waals surface area contributed by atoms with Crippen LogP contribution in [0.4, 0.5) is 11.4 Å². The molecule has 0 spiro atoms. The molecule has 1 amide bonds. The number of hydrogen-bond donors (Lipinski definition) is 1. The Labute approximate surface area is 138 Å². The van der Waals surface area contributed by atoms with Gasteiger partial charge >= 0.3 is 0 Å². The fourth-order valence-corrected chi connectivity index (χ4v) is 2.62. The van der Waals surface area contributed by atoms with Crippen LogP contribution < -0.4 is 15.3 Å². The summed E-state index contributed by atoms with van der Waals surface area (Å²) in [5.41, 5.74) is 1.70. The minimum Gasteiger partial charge on any atom is -0.545 e. The van der Waals surface area contributed by atoms with Crippen molar-refractivity contribution in [3.63, 3.8) is 0 Å². The Hall–Kier alpha value is -2.54. The predicted molar refractivity (Wildman–Crippen MR) is 88.7 cm³/mol. The standard InChI is InChI=1S/C16H17N3O3S/c1-19(2)12-7-5-11(6-8-12)18-14(20)10-23-15-13(16(21)22)4-3-9-17-15/h3-9H,10H2,1-2H3,(H,18,20)(H,21,22)/p-1. The number of anilines is 2. The van der Waals surface area contributed by atoms with Crippen molar-refractivity contribution in [2.75, 3.05) is 30.1 Å². The van der Waals surface area contributed by atoms with Crippen LogP contribution in [0.15, 0.2) is 47.6 Å². The summed E-state index contributed by atoms with van der Waals surface area (Å²) in [4.78, 5) is 28.9. The van der Waals surface area contributed by atoms with Gasteiger partial charge in [0, 0.05) is 37.2 Å². The third-order valence-corrected chi connectivity index (χ3v) is 4.00. The minimum absolute atomic E-state index is 0.0133. The molecule has 0 saturated heterocycles. The van der Waals surface area contributed by atoms with Gasteiger partial charge in [0.25, 0.3) is 0 Å². The van der Waals surface area contributed by atoms with Gasteiger partial charge in [-0.1, -0.05) is 11.8 Å². The first-order valence-corrected chi connectivity index (χ1v) is 7.82. The first-order valence-electron chi connectivity index (χ1n) is 6.84. The van der Waals surface area contributed by atoms with Crippen LogP contribution in [-0.4, -0.2) is 36.7 Å². The molecule has 1 aromatic carbocycles. The van der Waals surface area contributed by atoms with Gasteiger partial charge in [0.15, 0.2) is 0 Å². The predicted octanol–water partition coefficient (Wildman–Crippen LogP) is 1.24. The summed E-state index contributed by atoms with van der Waals surface area (Å²) in [5, 5.41) is 14.0. The van der Waals surface area contributed by atoms with E-state index in [9.17, 15) is 14.7 Å². The number of benzene rings is 1. The molecular weight excluding hydrogens is 314 g/mol. The molecule has 2 aromatic rings. The monoisotopic (exact) mass is 330 g/mol. The Morgan fingerprint density at radius 2 is 1.91 bits per heavy atom. The van der Waals surface area contributed by atoms with Crippen LogP contribution in [0.25, 0.3) is 0 Å². The van der Waals surface area contributed by atoms with Gasteiger partial charge in [-0.2, -0.15) is 0 Å². The highest BCUT2D eigenvalue weighted by atomic mass is 32.2. The molecule has 0 saturated carbocycles. The second-order valence-electron chi connectivity index (χ2n) is 4.92. The van der Waals surface area contributed by atoms with E-state index in [2.05, 4.69) is 10.3 Å². The molecule has 0 aliphatic rings. The van der Waals surface area contributed by atoms with Gasteiger partial charge in [-0.05, 0) is 36.4 Å². The van der Waals surface area contributed by atoms with Crippen LogP contribution in [0, 0.1) is 0 Å². The van der Waals surface area contributed by atoms with Crippen molar-refractivity contribution in [1.82, 2.24) is 4.98 Å². The zero-order valence-electron chi connectivity index (χ0n) is 12.8. The highest BCUT2D eigenvalue weighted by Crippen LogP contribution is 2.20. The number of rotatable bonds is 6. The largest absolute Gasteiger partial charge is 0.545 e. The molecule has 0 atom stereocenters. The number of hydrogen-bond acceptors (Lipinski definition) is 6. The van der Waals surface area contributed by atoms with Gasteiger partial charge in [-0.25, -0.2) is 4.98 Å². The first kappa shape index (κ1) is 16.8. The number of nitrogens with zero attached hydrogens (tertiary/aromatic N) is 2. The van der Waals surface area contributed by atoms with E-state index in [1.54, 1.807) is 0 Å². The molecule has 1 N–H and O–H groups in total. The van der Waals surface area contributed by atoms with Gasteiger partial charge in [0.1, 0.15) is 5.03 Å². The van der Waals surface area contributed by atoms with Crippen molar-refractivity contribution in [2.45, 2.75) is 5.03 Å². The lowest BCUT2D eigenvalue weighted by Gasteiger charge is -2.13. The van der Waals surface area contributed by atoms with Crippen molar-refractivity contribution in [3.8, 4) is 0 Å². The van der Waals surface area contributed by atoms with Crippen molar-refractivity contribution in [2.24, 2.45) is 0 Å². The van der Waals surface area contributed by atoms with Gasteiger partial charge in [-0.15, -0.1) is 0 Å². The number of carboxylic acid groups (broad SMARTS) is 1. The fourth-order valence-electron chi connectivity index (χ4n) is 1.84. The maximum absolute atomic E-state index is 12.0. The molecule has 6 nitrogen and oxygen atoms in total. The second kappa shape index (κ2) is 7.64. The number of aromatic nitrogens is 1. The molecule has 120 valence electrons. The molecule has 23 heavy (non-hydrogen) atoms. The highest BCUT2D eigenvalue weighted by Gasteiger charge is 2.09. The van der Waals surface area contributed by atoms with E-state index in [1.807, 2.05) is 43.3 Å². The smallest absolute Gasteiger partial charge is 0.234 e. The van der Waals surface area contributed by atoms with E-state index < -0.39 is 5.97 Å². The second-order valence-corrected chi connectivity index (χ2v) is 5.89. The number of carbonyl (C=O) groups excluding carboxylic acids is 2. The fraction of sp³-hybridized carbons (Fsp3) is 0.188. The van der Waals surface area contributed by atoms with E-state index in [-0.39, 0.29) is 22.2 Å².